The molecule has 3 rings (SSSR count). The maximum atomic E-state index is 12.6. The molecule has 0 radical (unpaired) electrons. The number of carbonyl (C=O) groups is 4. The number of hydrogen-bond donors (Lipinski definition) is 2. The molecule has 1 aliphatic heterocycles. The summed E-state index contributed by atoms with van der Waals surface area (Å²) in [4.78, 5) is 48.2. The van der Waals surface area contributed by atoms with Crippen LogP contribution in [-0.2, 0) is 20.9 Å². The summed E-state index contributed by atoms with van der Waals surface area (Å²) < 4.78 is 15.7. The van der Waals surface area contributed by atoms with Gasteiger partial charge in [0.2, 0.25) is 5.76 Å². The topological polar surface area (TPSA) is 135 Å². The molecular weight excluding hydrogens is 476 g/mol. The molecule has 1 saturated heterocycles. The second-order valence-electron chi connectivity index (χ2n) is 6.43. The highest BCUT2D eigenvalue weighted by Crippen LogP contribution is 2.28. The molecular formula is C20H17BrN2O8. The van der Waals surface area contributed by atoms with E-state index < -0.39 is 30.0 Å². The third-order valence-corrected chi connectivity index (χ3v) is 4.86. The van der Waals surface area contributed by atoms with Crippen LogP contribution in [0.5, 0.6) is 5.75 Å². The van der Waals surface area contributed by atoms with Crippen molar-refractivity contribution in [3.63, 3.8) is 0 Å². The molecule has 3 amide bonds. The molecule has 2 aromatic rings. The quantitative estimate of drug-likeness (QED) is 0.342. The minimum atomic E-state index is -1.10. The van der Waals surface area contributed by atoms with E-state index in [1.54, 1.807) is 18.2 Å². The highest BCUT2D eigenvalue weighted by molar-refractivity contribution is 9.10. The molecule has 0 spiro atoms. The van der Waals surface area contributed by atoms with E-state index in [-0.39, 0.29) is 23.8 Å². The molecule has 1 atom stereocenters. The number of halogens is 1. The molecule has 2 heterocycles. The Morgan fingerprint density at radius 3 is 2.68 bits per heavy atom. The van der Waals surface area contributed by atoms with Crippen molar-refractivity contribution in [1.29, 1.82) is 0 Å². The van der Waals surface area contributed by atoms with Crippen LogP contribution in [0.1, 0.15) is 28.8 Å². The summed E-state index contributed by atoms with van der Waals surface area (Å²) in [6, 6.07) is 7.01. The number of carboxylic acids is 1. The Morgan fingerprint density at radius 2 is 2.03 bits per heavy atom. The van der Waals surface area contributed by atoms with Gasteiger partial charge in [-0.1, -0.05) is 6.07 Å². The summed E-state index contributed by atoms with van der Waals surface area (Å²) in [7, 11) is 1.21. The summed E-state index contributed by atoms with van der Waals surface area (Å²) in [6.45, 7) is 1.24. The molecule has 162 valence electrons. The maximum absolute atomic E-state index is 12.6. The minimum absolute atomic E-state index is 0.0373. The maximum Gasteiger partial charge on any atom is 0.373 e. The van der Waals surface area contributed by atoms with E-state index in [0.29, 0.717) is 15.8 Å². The predicted octanol–water partition coefficient (Wildman–Crippen LogP) is 2.77. The van der Waals surface area contributed by atoms with Crippen LogP contribution in [0, 0.1) is 0 Å². The highest BCUT2D eigenvalue weighted by atomic mass is 79.9. The number of urea groups is 1. The molecule has 1 fully saturated rings. The van der Waals surface area contributed by atoms with Crippen LogP contribution >= 0.6 is 15.9 Å². The van der Waals surface area contributed by atoms with E-state index in [1.807, 2.05) is 0 Å². The molecule has 1 aliphatic rings. The average molecular weight is 493 g/mol. The zero-order valence-electron chi connectivity index (χ0n) is 16.4. The summed E-state index contributed by atoms with van der Waals surface area (Å²) in [5.41, 5.74) is 0.614. The van der Waals surface area contributed by atoms with Crippen LogP contribution in [0.4, 0.5) is 4.79 Å². The number of benzene rings is 1. The first-order valence-electron chi connectivity index (χ1n) is 8.90. The van der Waals surface area contributed by atoms with E-state index in [2.05, 4.69) is 26.0 Å². The van der Waals surface area contributed by atoms with E-state index in [4.69, 9.17) is 14.3 Å². The number of rotatable bonds is 7. The number of nitrogens with zero attached hydrogens (tertiary/aromatic N) is 1. The van der Waals surface area contributed by atoms with Gasteiger partial charge in [-0.25, -0.2) is 14.4 Å². The van der Waals surface area contributed by atoms with Gasteiger partial charge in [0.05, 0.1) is 18.1 Å². The number of carbonyl (C=O) groups excluding carboxylic acids is 3. The van der Waals surface area contributed by atoms with Gasteiger partial charge in [-0.2, -0.15) is 0 Å². The van der Waals surface area contributed by atoms with Crippen LogP contribution < -0.4 is 10.1 Å². The Balaban J connectivity index is 1.74. The molecule has 0 unspecified atom stereocenters. The lowest BCUT2D eigenvalue weighted by Crippen LogP contribution is -2.30. The Morgan fingerprint density at radius 1 is 1.29 bits per heavy atom. The van der Waals surface area contributed by atoms with E-state index in [1.165, 1.54) is 32.2 Å². The third kappa shape index (κ3) is 4.94. The first kappa shape index (κ1) is 22.1. The number of esters is 1. The fourth-order valence-electron chi connectivity index (χ4n) is 2.65. The van der Waals surface area contributed by atoms with Crippen molar-refractivity contribution in [3.05, 3.63) is 57.6 Å². The first-order chi connectivity index (χ1) is 14.7. The van der Waals surface area contributed by atoms with Gasteiger partial charge in [-0.3, -0.25) is 9.69 Å². The van der Waals surface area contributed by atoms with Gasteiger partial charge >= 0.3 is 18.0 Å². The third-order valence-electron chi connectivity index (χ3n) is 4.24. The standard InChI is InChI=1S/C20H17BrN2O8/c1-10(18(25)26)30-15-5-3-11(7-13(15)21)8-14-17(24)23(20(28)22-14)9-12-4-6-16(31-12)19(27)29-2/h3-8,10H,9H2,1-2H3,(H,22,28)(H,25,26)/b14-8-/t10-/m1/s1. The van der Waals surface area contributed by atoms with Crippen LogP contribution in [0.25, 0.3) is 6.08 Å². The Bertz CT molecular complexity index is 1090. The van der Waals surface area contributed by atoms with Crippen LogP contribution in [0.15, 0.2) is 44.9 Å². The Labute approximate surface area is 184 Å². The number of carboxylic acid groups (broad SMARTS) is 1. The van der Waals surface area contributed by atoms with Crippen molar-refractivity contribution in [2.75, 3.05) is 7.11 Å². The Kier molecular flexibility index (Phi) is 6.44. The number of amides is 3. The summed E-state index contributed by atoms with van der Waals surface area (Å²) in [5, 5.41) is 11.4. The number of furan rings is 1. The van der Waals surface area contributed by atoms with Gasteiger partial charge in [0.15, 0.2) is 6.10 Å². The number of nitrogens with one attached hydrogen (secondary N) is 1. The van der Waals surface area contributed by atoms with Gasteiger partial charge < -0.3 is 24.3 Å². The van der Waals surface area contributed by atoms with Gasteiger partial charge in [0, 0.05) is 0 Å². The molecule has 31 heavy (non-hydrogen) atoms. The van der Waals surface area contributed by atoms with Crippen molar-refractivity contribution in [2.24, 2.45) is 0 Å². The van der Waals surface area contributed by atoms with E-state index in [0.717, 1.165) is 4.90 Å². The normalized spacial score (nSPS) is 15.7. The van der Waals surface area contributed by atoms with Gasteiger partial charge in [0.1, 0.15) is 17.2 Å². The molecule has 2 N–H and O–H groups in total. The summed E-state index contributed by atoms with van der Waals surface area (Å²) in [6.07, 6.45) is 0.434. The van der Waals surface area contributed by atoms with Crippen molar-refractivity contribution < 1.29 is 38.2 Å². The number of hydrogen-bond acceptors (Lipinski definition) is 7. The minimum Gasteiger partial charge on any atom is -0.479 e. The lowest BCUT2D eigenvalue weighted by atomic mass is 10.2. The van der Waals surface area contributed by atoms with Crippen LogP contribution in [-0.4, -0.2) is 47.1 Å². The van der Waals surface area contributed by atoms with Crippen molar-refractivity contribution in [2.45, 2.75) is 19.6 Å². The van der Waals surface area contributed by atoms with Crippen LogP contribution in [0.2, 0.25) is 0 Å². The molecule has 0 saturated carbocycles. The highest BCUT2D eigenvalue weighted by Gasteiger charge is 2.34. The second-order valence-corrected chi connectivity index (χ2v) is 7.28. The lowest BCUT2D eigenvalue weighted by Gasteiger charge is -2.12. The smallest absolute Gasteiger partial charge is 0.373 e. The van der Waals surface area contributed by atoms with Gasteiger partial charge in [-0.15, -0.1) is 0 Å². The van der Waals surface area contributed by atoms with E-state index in [9.17, 15) is 19.2 Å². The molecule has 1 aromatic carbocycles. The number of imide groups is 1. The fraction of sp³-hybridized carbons (Fsp3) is 0.200. The van der Waals surface area contributed by atoms with Gasteiger partial charge in [-0.05, 0) is 58.8 Å². The molecule has 0 aliphatic carbocycles. The zero-order valence-corrected chi connectivity index (χ0v) is 18.0. The SMILES string of the molecule is COC(=O)c1ccc(CN2C(=O)N/C(=C\c3ccc(O[C@H](C)C(=O)O)c(Br)c3)C2=O)o1. The number of ether oxygens (including phenoxy) is 2. The number of methoxy groups -OCH3 is 1. The fourth-order valence-corrected chi connectivity index (χ4v) is 3.14. The predicted molar refractivity (Wildman–Crippen MR) is 109 cm³/mol. The monoisotopic (exact) mass is 492 g/mol. The second kappa shape index (κ2) is 9.04. The van der Waals surface area contributed by atoms with Crippen molar-refractivity contribution >= 4 is 45.9 Å². The van der Waals surface area contributed by atoms with Crippen molar-refractivity contribution in [3.8, 4) is 5.75 Å². The Hall–Kier alpha value is -3.60. The average Bonchev–Trinajstić information content (AvgIpc) is 3.30. The van der Waals surface area contributed by atoms with Crippen molar-refractivity contribution in [1.82, 2.24) is 10.2 Å². The molecule has 10 nitrogen and oxygen atoms in total. The zero-order chi connectivity index (χ0) is 22.7. The molecule has 0 bridgehead atoms. The lowest BCUT2D eigenvalue weighted by molar-refractivity contribution is -0.144. The summed E-state index contributed by atoms with van der Waals surface area (Å²) >= 11 is 3.30. The first-order valence-corrected chi connectivity index (χ1v) is 9.69. The summed E-state index contributed by atoms with van der Waals surface area (Å²) in [5.74, 6) is -1.82. The molecule has 1 aromatic heterocycles. The van der Waals surface area contributed by atoms with Crippen LogP contribution in [0.3, 0.4) is 0 Å². The number of aliphatic carboxylic acids is 1. The molecule has 11 heteroatoms. The van der Waals surface area contributed by atoms with Gasteiger partial charge in [0.25, 0.3) is 5.91 Å². The largest absolute Gasteiger partial charge is 0.479 e. The van der Waals surface area contributed by atoms with E-state index >= 15 is 0 Å².